The number of pyridine rings is 1. The molecule has 0 N–H and O–H groups in total. The van der Waals surface area contributed by atoms with Gasteiger partial charge in [-0.25, -0.2) is 4.98 Å². The Labute approximate surface area is 273 Å². The highest BCUT2D eigenvalue weighted by Gasteiger charge is 2.57. The topological polar surface area (TPSA) is 114 Å². The molecule has 1 aliphatic rings. The molecule has 3 aromatic carbocycles. The number of fused-ring (bicyclic) bond motifs is 3. The zero-order chi connectivity index (χ0) is 35.5. The Bertz CT molecular complexity index is 1890. The van der Waals surface area contributed by atoms with Gasteiger partial charge in [0.25, 0.3) is 0 Å². The average Bonchev–Trinajstić information content (AvgIpc) is 3.31. The highest BCUT2D eigenvalue weighted by atomic mass is 32.3. The summed E-state index contributed by atoms with van der Waals surface area (Å²) in [6.07, 6.45) is 0.398. The lowest BCUT2D eigenvalue weighted by molar-refractivity contribution is -0.117. The van der Waals surface area contributed by atoms with Crippen molar-refractivity contribution in [3.05, 3.63) is 102 Å². The van der Waals surface area contributed by atoms with Crippen LogP contribution in [0.5, 0.6) is 0 Å². The number of carbonyl (C=O) groups excluding carboxylic acids is 1. The summed E-state index contributed by atoms with van der Waals surface area (Å²) in [6, 6.07) is 29.2. The van der Waals surface area contributed by atoms with Crippen LogP contribution in [0.4, 0.5) is 37.8 Å². The number of amides is 1. The van der Waals surface area contributed by atoms with Crippen molar-refractivity contribution in [3.63, 3.8) is 0 Å². The van der Waals surface area contributed by atoms with Gasteiger partial charge in [-0.3, -0.25) is 4.79 Å². The van der Waals surface area contributed by atoms with Crippen LogP contribution in [0.25, 0.3) is 10.9 Å². The van der Waals surface area contributed by atoms with Crippen molar-refractivity contribution in [1.82, 2.24) is 4.98 Å². The number of hydrogen-bond donors (Lipinski definition) is 0. The number of nitrogens with zero attached hydrogens (tertiary/aromatic N) is 3. The fraction of sp³-hybridized carbons (Fsp3) is 0.290. The number of rotatable bonds is 9. The maximum atomic E-state index is 13.2. The molecule has 0 fully saturated rings. The minimum absolute atomic E-state index is 0.164. The van der Waals surface area contributed by atoms with Crippen LogP contribution in [0.2, 0.25) is 0 Å². The minimum Gasteiger partial charge on any atom is -0.348 e. The number of para-hydroxylation sites is 1. The lowest BCUT2D eigenvalue weighted by atomic mass is 10.1. The molecule has 0 spiro atoms. The SMILES string of the molecule is CC(C)CN1C(=O)Cc2c(N(Cc3ccccc3)Cc3ccccc3)nc3ccccc3c21.O=S(=O)(OS(=O)(=O)C(F)(F)F)C(F)(F)F. The van der Waals surface area contributed by atoms with Crippen LogP contribution in [-0.4, -0.2) is 45.3 Å². The largest absolute Gasteiger partial charge is 0.524 e. The molecule has 1 amide bonds. The molecular formula is C31H29F6N3O6S2. The smallest absolute Gasteiger partial charge is 0.348 e. The molecule has 0 saturated heterocycles. The standard InChI is InChI=1S/C29H29N3O.C2F6O5S2/c1-21(2)18-32-27(33)17-25-28(32)24-15-9-10-16-26(24)30-29(25)31(19-22-11-5-3-6-12-22)20-23-13-7-4-8-14-23;3-1(4,5)14(9,10)13-15(11,12)2(6,7)8/h3-16,21H,17-20H2,1-2H3;. The number of carbonyl (C=O) groups is 1. The highest BCUT2D eigenvalue weighted by molar-refractivity contribution is 8.00. The molecule has 258 valence electrons. The van der Waals surface area contributed by atoms with Gasteiger partial charge in [0.1, 0.15) is 5.82 Å². The summed E-state index contributed by atoms with van der Waals surface area (Å²) in [4.78, 5) is 22.6. The van der Waals surface area contributed by atoms with Gasteiger partial charge in [0, 0.05) is 30.6 Å². The molecule has 5 rings (SSSR count). The van der Waals surface area contributed by atoms with Crippen molar-refractivity contribution in [3.8, 4) is 0 Å². The molecule has 0 atom stereocenters. The molecule has 48 heavy (non-hydrogen) atoms. The molecule has 1 aromatic heterocycles. The first-order chi connectivity index (χ1) is 22.3. The van der Waals surface area contributed by atoms with Crippen LogP contribution < -0.4 is 9.80 Å². The van der Waals surface area contributed by atoms with Gasteiger partial charge in [0.15, 0.2) is 0 Å². The summed E-state index contributed by atoms with van der Waals surface area (Å²) in [5.41, 5.74) is -7.05. The van der Waals surface area contributed by atoms with Crippen molar-refractivity contribution in [2.45, 2.75) is 44.4 Å². The van der Waals surface area contributed by atoms with E-state index in [9.17, 15) is 48.0 Å². The zero-order valence-corrected chi connectivity index (χ0v) is 27.0. The summed E-state index contributed by atoms with van der Waals surface area (Å²) in [5, 5.41) is 1.06. The molecule has 0 saturated carbocycles. The van der Waals surface area contributed by atoms with Gasteiger partial charge in [0.05, 0.1) is 17.6 Å². The predicted octanol–water partition coefficient (Wildman–Crippen LogP) is 6.69. The number of aromatic nitrogens is 1. The van der Waals surface area contributed by atoms with E-state index in [4.69, 9.17) is 4.98 Å². The number of anilines is 2. The van der Waals surface area contributed by atoms with Crippen molar-refractivity contribution in [1.29, 1.82) is 0 Å². The molecule has 0 radical (unpaired) electrons. The van der Waals surface area contributed by atoms with Crippen molar-refractivity contribution >= 4 is 48.6 Å². The second kappa shape index (κ2) is 14.1. The Morgan fingerprint density at radius 2 is 1.23 bits per heavy atom. The average molecular weight is 718 g/mol. The Morgan fingerprint density at radius 3 is 1.69 bits per heavy atom. The molecule has 9 nitrogen and oxygen atoms in total. The van der Waals surface area contributed by atoms with Gasteiger partial charge in [-0.1, -0.05) is 92.7 Å². The normalized spacial score (nSPS) is 13.8. The van der Waals surface area contributed by atoms with Crippen LogP contribution in [0, 0.1) is 5.92 Å². The summed E-state index contributed by atoms with van der Waals surface area (Å²) >= 11 is 0. The number of benzene rings is 3. The molecule has 0 aliphatic carbocycles. The van der Waals surface area contributed by atoms with E-state index in [2.05, 4.69) is 79.4 Å². The first-order valence-electron chi connectivity index (χ1n) is 14.2. The van der Waals surface area contributed by atoms with E-state index in [-0.39, 0.29) is 5.91 Å². The van der Waals surface area contributed by atoms with Crippen molar-refractivity contribution in [2.75, 3.05) is 16.3 Å². The third-order valence-corrected chi connectivity index (χ3v) is 9.43. The highest BCUT2D eigenvalue weighted by Crippen LogP contribution is 2.42. The summed E-state index contributed by atoms with van der Waals surface area (Å²) in [7, 11) is -13.7. The second-order valence-corrected chi connectivity index (χ2v) is 14.3. The number of halogens is 6. The molecule has 0 unspecified atom stereocenters. The van der Waals surface area contributed by atoms with E-state index in [1.807, 2.05) is 32.8 Å². The van der Waals surface area contributed by atoms with Crippen LogP contribution in [0.1, 0.15) is 30.5 Å². The third kappa shape index (κ3) is 8.43. The van der Waals surface area contributed by atoms with Gasteiger partial charge in [-0.05, 0) is 23.1 Å². The molecule has 2 heterocycles. The molecule has 1 aliphatic heterocycles. The van der Waals surface area contributed by atoms with E-state index in [0.29, 0.717) is 12.3 Å². The van der Waals surface area contributed by atoms with Crippen molar-refractivity contribution < 1.29 is 51.6 Å². The van der Waals surface area contributed by atoms with Gasteiger partial charge < -0.3 is 9.80 Å². The third-order valence-electron chi connectivity index (χ3n) is 6.87. The van der Waals surface area contributed by atoms with Gasteiger partial charge in [0.2, 0.25) is 5.91 Å². The van der Waals surface area contributed by atoms with E-state index in [1.165, 1.54) is 11.1 Å². The zero-order valence-electron chi connectivity index (χ0n) is 25.4. The molecule has 0 bridgehead atoms. The summed E-state index contributed by atoms with van der Waals surface area (Å²) < 4.78 is 110. The monoisotopic (exact) mass is 717 g/mol. The number of hydrogen-bond acceptors (Lipinski definition) is 8. The first kappa shape index (κ1) is 36.6. The maximum Gasteiger partial charge on any atom is 0.524 e. The first-order valence-corrected chi connectivity index (χ1v) is 17.0. The Kier molecular flexibility index (Phi) is 10.8. The summed E-state index contributed by atoms with van der Waals surface area (Å²) in [6.45, 7) is 6.49. The quantitative estimate of drug-likeness (QED) is 0.139. The Morgan fingerprint density at radius 1 is 0.771 bits per heavy atom. The second-order valence-electron chi connectivity index (χ2n) is 11.0. The van der Waals surface area contributed by atoms with E-state index in [0.717, 1.165) is 47.6 Å². The van der Waals surface area contributed by atoms with Crippen molar-refractivity contribution in [2.24, 2.45) is 5.92 Å². The molecule has 4 aromatic rings. The fourth-order valence-electron chi connectivity index (χ4n) is 4.89. The minimum atomic E-state index is -6.85. The van der Waals surface area contributed by atoms with Crippen LogP contribution in [-0.2, 0) is 48.2 Å². The Hall–Kier alpha value is -4.22. The van der Waals surface area contributed by atoms with Gasteiger partial charge in [-0.2, -0.15) is 43.2 Å². The maximum absolute atomic E-state index is 13.2. The van der Waals surface area contributed by atoms with Crippen LogP contribution in [0.3, 0.4) is 0 Å². The predicted molar refractivity (Wildman–Crippen MR) is 166 cm³/mol. The molecule has 17 heteroatoms. The molecular weight excluding hydrogens is 688 g/mol. The van der Waals surface area contributed by atoms with Crippen LogP contribution in [0.15, 0.2) is 84.9 Å². The Balaban J connectivity index is 0.000000295. The van der Waals surface area contributed by atoms with E-state index in [1.54, 1.807) is 0 Å². The summed E-state index contributed by atoms with van der Waals surface area (Å²) in [5.74, 6) is 1.47. The van der Waals surface area contributed by atoms with E-state index >= 15 is 0 Å². The van der Waals surface area contributed by atoms with E-state index < -0.39 is 31.3 Å². The number of alkyl halides is 6. The van der Waals surface area contributed by atoms with Gasteiger partial charge >= 0.3 is 31.3 Å². The lowest BCUT2D eigenvalue weighted by Crippen LogP contribution is -2.34. The fourth-order valence-corrected chi connectivity index (χ4v) is 6.45. The van der Waals surface area contributed by atoms with Crippen LogP contribution >= 0.6 is 0 Å². The van der Waals surface area contributed by atoms with Gasteiger partial charge in [-0.15, -0.1) is 3.63 Å². The lowest BCUT2D eigenvalue weighted by Gasteiger charge is -2.28.